The third kappa shape index (κ3) is 6.03. The zero-order valence-electron chi connectivity index (χ0n) is 21.0. The molecule has 4 aromatic rings. The highest BCUT2D eigenvalue weighted by atomic mass is 19.4. The van der Waals surface area contributed by atoms with Gasteiger partial charge in [0.2, 0.25) is 5.91 Å². The fourth-order valence-electron chi connectivity index (χ4n) is 4.86. The van der Waals surface area contributed by atoms with E-state index in [2.05, 4.69) is 4.98 Å². The Labute approximate surface area is 223 Å². The van der Waals surface area contributed by atoms with E-state index in [0.717, 1.165) is 17.7 Å². The van der Waals surface area contributed by atoms with Crippen molar-refractivity contribution in [2.75, 3.05) is 13.1 Å². The number of nitrogens with zero attached hydrogens (tertiary/aromatic N) is 3. The van der Waals surface area contributed by atoms with Gasteiger partial charge in [0.1, 0.15) is 6.54 Å². The summed E-state index contributed by atoms with van der Waals surface area (Å²) in [6.45, 7) is 0.0294. The average molecular weight is 534 g/mol. The van der Waals surface area contributed by atoms with E-state index in [1.807, 2.05) is 48.5 Å². The molecule has 1 saturated heterocycles. The maximum absolute atomic E-state index is 13.5. The molecule has 0 radical (unpaired) electrons. The molecule has 0 saturated carbocycles. The zero-order chi connectivity index (χ0) is 27.4. The zero-order valence-corrected chi connectivity index (χ0v) is 21.0. The molecule has 1 aromatic heterocycles. The van der Waals surface area contributed by atoms with Crippen LogP contribution in [-0.2, 0) is 23.9 Å². The van der Waals surface area contributed by atoms with Crippen LogP contribution >= 0.6 is 0 Å². The third-order valence-corrected chi connectivity index (χ3v) is 6.83. The van der Waals surface area contributed by atoms with E-state index in [0.29, 0.717) is 29.7 Å². The number of benzene rings is 3. The Morgan fingerprint density at radius 3 is 2.36 bits per heavy atom. The molecule has 2 amide bonds. The number of rotatable bonds is 7. The summed E-state index contributed by atoms with van der Waals surface area (Å²) >= 11 is 0. The number of piperazine rings is 1. The van der Waals surface area contributed by atoms with Crippen molar-refractivity contribution in [1.82, 2.24) is 14.8 Å². The molecule has 1 fully saturated rings. The fraction of sp³-hybridized carbons (Fsp3) is 0.233. The van der Waals surface area contributed by atoms with Crippen LogP contribution in [-0.4, -0.2) is 45.7 Å². The topological polar surface area (TPSA) is 66.7 Å². The predicted octanol–water partition coefficient (Wildman–Crippen LogP) is 5.85. The highest BCUT2D eigenvalue weighted by molar-refractivity contribution is 5.99. The molecular formula is C30H26F3N3O3. The van der Waals surface area contributed by atoms with Crippen LogP contribution in [0.15, 0.2) is 95.7 Å². The number of carbonyl (C=O) groups is 2. The molecule has 200 valence electrons. The van der Waals surface area contributed by atoms with Crippen LogP contribution in [0.4, 0.5) is 13.2 Å². The summed E-state index contributed by atoms with van der Waals surface area (Å²) in [5.74, 6) is -0.450. The Morgan fingerprint density at radius 2 is 1.64 bits per heavy atom. The molecule has 1 aliphatic rings. The maximum atomic E-state index is 13.5. The van der Waals surface area contributed by atoms with Gasteiger partial charge in [-0.25, -0.2) is 4.98 Å². The van der Waals surface area contributed by atoms with Crippen molar-refractivity contribution in [3.8, 4) is 11.3 Å². The van der Waals surface area contributed by atoms with Gasteiger partial charge in [0.15, 0.2) is 17.8 Å². The van der Waals surface area contributed by atoms with Crippen molar-refractivity contribution in [2.24, 2.45) is 0 Å². The van der Waals surface area contributed by atoms with Crippen LogP contribution in [0.3, 0.4) is 0 Å². The van der Waals surface area contributed by atoms with E-state index >= 15 is 0 Å². The third-order valence-electron chi connectivity index (χ3n) is 6.83. The molecule has 5 rings (SSSR count). The van der Waals surface area contributed by atoms with E-state index in [1.54, 1.807) is 23.1 Å². The Hall–Kier alpha value is -4.40. The predicted molar refractivity (Wildman–Crippen MR) is 138 cm³/mol. The lowest BCUT2D eigenvalue weighted by molar-refractivity contribution is -0.139. The molecule has 39 heavy (non-hydrogen) atoms. The highest BCUT2D eigenvalue weighted by Gasteiger charge is 2.37. The number of halogens is 3. The number of hydrogen-bond donors (Lipinski definition) is 0. The first-order valence-electron chi connectivity index (χ1n) is 12.6. The minimum absolute atomic E-state index is 0.0173. The number of carbonyl (C=O) groups excluding carboxylic acids is 2. The molecule has 1 atom stereocenters. The molecule has 9 heteroatoms. The standard InChI is InChI=1S/C30H26F3N3O3/c31-30(32,33)24-13-7-10-22(16-24)17-36-25(15-14-21-8-3-1-4-9-21)18-35(19-26(36)37)29(38)27-28(39-20-34-27)23-11-5-2-6-12-23/h1-13,16,20,25H,14-15,17-19H2/t25-/m0/s1. The summed E-state index contributed by atoms with van der Waals surface area (Å²) in [6.07, 6.45) is -2.11. The summed E-state index contributed by atoms with van der Waals surface area (Å²) in [7, 11) is 0. The van der Waals surface area contributed by atoms with Crippen LogP contribution in [0.2, 0.25) is 0 Å². The number of hydrogen-bond acceptors (Lipinski definition) is 4. The van der Waals surface area contributed by atoms with E-state index in [9.17, 15) is 22.8 Å². The SMILES string of the molecule is O=C(c1ncoc1-c1ccccc1)N1CC(=O)N(Cc2cccc(C(F)(F)F)c2)[C@@H](CCc2ccccc2)C1. The molecule has 0 spiro atoms. The van der Waals surface area contributed by atoms with Gasteiger partial charge < -0.3 is 14.2 Å². The van der Waals surface area contributed by atoms with Crippen LogP contribution in [0, 0.1) is 0 Å². The summed E-state index contributed by atoms with van der Waals surface area (Å²) < 4.78 is 45.4. The molecule has 0 unspecified atom stereocenters. The van der Waals surface area contributed by atoms with Crippen molar-refractivity contribution in [3.63, 3.8) is 0 Å². The Morgan fingerprint density at radius 1 is 0.949 bits per heavy atom. The second-order valence-corrected chi connectivity index (χ2v) is 9.48. The van der Waals surface area contributed by atoms with Gasteiger partial charge in [-0.05, 0) is 36.1 Å². The first kappa shape index (κ1) is 26.2. The normalized spacial score (nSPS) is 16.0. The molecular weight excluding hydrogens is 507 g/mol. The quantitative estimate of drug-likeness (QED) is 0.299. The van der Waals surface area contributed by atoms with Crippen molar-refractivity contribution in [3.05, 3.63) is 114 Å². The second kappa shape index (κ2) is 11.1. The first-order valence-corrected chi connectivity index (χ1v) is 12.6. The minimum Gasteiger partial charge on any atom is -0.443 e. The summed E-state index contributed by atoms with van der Waals surface area (Å²) in [6, 6.07) is 23.4. The fourth-order valence-corrected chi connectivity index (χ4v) is 4.86. The van der Waals surface area contributed by atoms with Crippen LogP contribution in [0.25, 0.3) is 11.3 Å². The molecule has 6 nitrogen and oxygen atoms in total. The largest absolute Gasteiger partial charge is 0.443 e. The van der Waals surface area contributed by atoms with Gasteiger partial charge in [-0.3, -0.25) is 9.59 Å². The molecule has 0 bridgehead atoms. The molecule has 3 aromatic carbocycles. The maximum Gasteiger partial charge on any atom is 0.416 e. The lowest BCUT2D eigenvalue weighted by Crippen LogP contribution is -2.57. The Balaban J connectivity index is 1.40. The highest BCUT2D eigenvalue weighted by Crippen LogP contribution is 2.31. The van der Waals surface area contributed by atoms with E-state index in [1.165, 1.54) is 17.4 Å². The number of oxazole rings is 1. The summed E-state index contributed by atoms with van der Waals surface area (Å²) in [4.78, 5) is 34.1. The van der Waals surface area contributed by atoms with Gasteiger partial charge in [-0.15, -0.1) is 0 Å². The first-order chi connectivity index (χ1) is 18.8. The van der Waals surface area contributed by atoms with Gasteiger partial charge in [-0.1, -0.05) is 72.8 Å². The number of aromatic nitrogens is 1. The van der Waals surface area contributed by atoms with Crippen LogP contribution in [0.1, 0.15) is 33.6 Å². The second-order valence-electron chi connectivity index (χ2n) is 9.48. The van der Waals surface area contributed by atoms with Crippen molar-refractivity contribution in [2.45, 2.75) is 31.6 Å². The Kier molecular flexibility index (Phi) is 7.49. The van der Waals surface area contributed by atoms with Gasteiger partial charge in [0.05, 0.1) is 11.6 Å². The van der Waals surface area contributed by atoms with E-state index < -0.39 is 23.7 Å². The van der Waals surface area contributed by atoms with Crippen molar-refractivity contribution in [1.29, 1.82) is 0 Å². The lowest BCUT2D eigenvalue weighted by Gasteiger charge is -2.41. The number of alkyl halides is 3. The molecule has 0 aliphatic carbocycles. The van der Waals surface area contributed by atoms with E-state index in [-0.39, 0.29) is 31.2 Å². The van der Waals surface area contributed by atoms with Gasteiger partial charge >= 0.3 is 6.18 Å². The van der Waals surface area contributed by atoms with Crippen molar-refractivity contribution < 1.29 is 27.2 Å². The van der Waals surface area contributed by atoms with Gasteiger partial charge in [0.25, 0.3) is 5.91 Å². The summed E-state index contributed by atoms with van der Waals surface area (Å²) in [5, 5.41) is 0. The van der Waals surface area contributed by atoms with Crippen LogP contribution < -0.4 is 0 Å². The van der Waals surface area contributed by atoms with Crippen molar-refractivity contribution >= 4 is 11.8 Å². The van der Waals surface area contributed by atoms with Crippen LogP contribution in [0.5, 0.6) is 0 Å². The molecule has 1 aliphatic heterocycles. The molecule has 2 heterocycles. The summed E-state index contributed by atoms with van der Waals surface area (Å²) in [5.41, 5.74) is 1.48. The smallest absolute Gasteiger partial charge is 0.416 e. The molecule has 0 N–H and O–H groups in total. The van der Waals surface area contributed by atoms with Gasteiger partial charge in [0, 0.05) is 18.7 Å². The monoisotopic (exact) mass is 533 g/mol. The number of amides is 2. The number of aryl methyl sites for hydroxylation is 1. The average Bonchev–Trinajstić information content (AvgIpc) is 3.44. The minimum atomic E-state index is -4.48. The Bertz CT molecular complexity index is 1440. The van der Waals surface area contributed by atoms with Gasteiger partial charge in [-0.2, -0.15) is 13.2 Å². The lowest BCUT2D eigenvalue weighted by atomic mass is 10.00. The van der Waals surface area contributed by atoms with E-state index in [4.69, 9.17) is 4.42 Å².